The molecule has 0 saturated heterocycles. The molecular formula is C12H18N2O4. The lowest BCUT2D eigenvalue weighted by atomic mass is 10.1. The van der Waals surface area contributed by atoms with Crippen LogP contribution in [-0.4, -0.2) is 35.1 Å². The highest BCUT2D eigenvalue weighted by Crippen LogP contribution is 2.01. The maximum Gasteiger partial charge on any atom is 0.287 e. The third-order valence-electron chi connectivity index (χ3n) is 2.18. The monoisotopic (exact) mass is 254 g/mol. The highest BCUT2D eigenvalue weighted by Gasteiger charge is 2.20. The first-order valence-electron chi connectivity index (χ1n) is 5.64. The van der Waals surface area contributed by atoms with Gasteiger partial charge in [0.25, 0.3) is 5.91 Å². The van der Waals surface area contributed by atoms with Crippen LogP contribution in [0.1, 0.15) is 31.3 Å². The lowest BCUT2D eigenvalue weighted by Gasteiger charge is -2.20. The molecule has 0 radical (unpaired) electrons. The van der Waals surface area contributed by atoms with Crippen LogP contribution in [-0.2, 0) is 4.79 Å². The normalized spacial score (nSPS) is 12.9. The molecule has 3 N–H and O–H groups in total. The molecule has 0 saturated carbocycles. The van der Waals surface area contributed by atoms with E-state index in [0.717, 1.165) is 0 Å². The van der Waals surface area contributed by atoms with Crippen LogP contribution in [0.2, 0.25) is 0 Å². The average Bonchev–Trinajstić information content (AvgIpc) is 2.77. The second-order valence-electron chi connectivity index (χ2n) is 4.70. The van der Waals surface area contributed by atoms with E-state index in [2.05, 4.69) is 10.6 Å². The van der Waals surface area contributed by atoms with Crippen molar-refractivity contribution in [2.75, 3.05) is 6.54 Å². The van der Waals surface area contributed by atoms with Crippen LogP contribution in [0.5, 0.6) is 0 Å². The highest BCUT2D eigenvalue weighted by atomic mass is 16.3. The second kappa shape index (κ2) is 5.68. The average molecular weight is 254 g/mol. The van der Waals surface area contributed by atoms with E-state index >= 15 is 0 Å². The highest BCUT2D eigenvalue weighted by molar-refractivity contribution is 5.95. The van der Waals surface area contributed by atoms with Crippen molar-refractivity contribution in [2.24, 2.45) is 0 Å². The SMILES string of the molecule is CC(NC(=O)c1ccco1)C(=O)NCC(C)(C)O. The summed E-state index contributed by atoms with van der Waals surface area (Å²) in [5.74, 6) is -0.667. The number of rotatable bonds is 5. The Morgan fingerprint density at radius 2 is 2.17 bits per heavy atom. The zero-order valence-corrected chi connectivity index (χ0v) is 10.7. The Balaban J connectivity index is 2.43. The summed E-state index contributed by atoms with van der Waals surface area (Å²) in [5, 5.41) is 14.5. The topological polar surface area (TPSA) is 91.6 Å². The molecule has 2 amide bonds. The van der Waals surface area contributed by atoms with Crippen molar-refractivity contribution in [3.05, 3.63) is 24.2 Å². The number of nitrogens with one attached hydrogen (secondary N) is 2. The van der Waals surface area contributed by atoms with Crippen molar-refractivity contribution in [1.82, 2.24) is 10.6 Å². The predicted molar refractivity (Wildman–Crippen MR) is 64.9 cm³/mol. The Morgan fingerprint density at radius 1 is 1.50 bits per heavy atom. The Hall–Kier alpha value is -1.82. The van der Waals surface area contributed by atoms with Gasteiger partial charge in [0.2, 0.25) is 5.91 Å². The Morgan fingerprint density at radius 3 is 2.67 bits per heavy atom. The van der Waals surface area contributed by atoms with Crippen LogP contribution < -0.4 is 10.6 Å². The standard InChI is InChI=1S/C12H18N2O4/c1-8(10(15)13-7-12(2,3)17)14-11(16)9-5-4-6-18-9/h4-6,8,17H,7H2,1-3H3,(H,13,15)(H,14,16). The summed E-state index contributed by atoms with van der Waals surface area (Å²) in [6, 6.07) is 2.40. The molecule has 1 heterocycles. The van der Waals surface area contributed by atoms with E-state index in [1.807, 2.05) is 0 Å². The van der Waals surface area contributed by atoms with Gasteiger partial charge in [0.1, 0.15) is 6.04 Å². The number of furan rings is 1. The van der Waals surface area contributed by atoms with E-state index in [1.54, 1.807) is 26.8 Å². The summed E-state index contributed by atoms with van der Waals surface area (Å²) in [7, 11) is 0. The minimum absolute atomic E-state index is 0.118. The maximum absolute atomic E-state index is 11.6. The Labute approximate surface area is 105 Å². The first-order chi connectivity index (χ1) is 8.29. The van der Waals surface area contributed by atoms with Gasteiger partial charge in [-0.05, 0) is 32.9 Å². The number of carbonyl (C=O) groups excluding carboxylic acids is 2. The molecule has 0 aliphatic rings. The maximum atomic E-state index is 11.6. The van der Waals surface area contributed by atoms with Crippen LogP contribution in [0, 0.1) is 0 Å². The first kappa shape index (κ1) is 14.2. The fourth-order valence-corrected chi connectivity index (χ4v) is 1.20. The van der Waals surface area contributed by atoms with E-state index in [9.17, 15) is 14.7 Å². The van der Waals surface area contributed by atoms with E-state index in [4.69, 9.17) is 4.42 Å². The number of hydrogen-bond acceptors (Lipinski definition) is 4. The van der Waals surface area contributed by atoms with Crippen molar-refractivity contribution >= 4 is 11.8 Å². The Kier molecular flexibility index (Phi) is 4.49. The molecule has 100 valence electrons. The van der Waals surface area contributed by atoms with Crippen molar-refractivity contribution in [2.45, 2.75) is 32.4 Å². The second-order valence-corrected chi connectivity index (χ2v) is 4.70. The largest absolute Gasteiger partial charge is 0.459 e. The van der Waals surface area contributed by atoms with Gasteiger partial charge in [-0.1, -0.05) is 0 Å². The molecule has 6 heteroatoms. The van der Waals surface area contributed by atoms with E-state index in [1.165, 1.54) is 12.3 Å². The van der Waals surface area contributed by atoms with Crippen LogP contribution in [0.4, 0.5) is 0 Å². The molecule has 0 fully saturated rings. The number of amides is 2. The summed E-state index contributed by atoms with van der Waals surface area (Å²) in [5.41, 5.74) is -0.986. The van der Waals surface area contributed by atoms with Crippen LogP contribution in [0.15, 0.2) is 22.8 Å². The van der Waals surface area contributed by atoms with Gasteiger partial charge in [0, 0.05) is 6.54 Å². The van der Waals surface area contributed by atoms with Gasteiger partial charge in [-0.25, -0.2) is 0 Å². The zero-order valence-electron chi connectivity index (χ0n) is 10.7. The van der Waals surface area contributed by atoms with Crippen molar-refractivity contribution in [3.63, 3.8) is 0 Å². The lowest BCUT2D eigenvalue weighted by molar-refractivity contribution is -0.123. The molecule has 18 heavy (non-hydrogen) atoms. The number of aliphatic hydroxyl groups is 1. The van der Waals surface area contributed by atoms with Gasteiger partial charge < -0.3 is 20.2 Å². The molecule has 1 aromatic rings. The molecule has 0 aromatic carbocycles. The third kappa shape index (κ3) is 4.58. The van der Waals surface area contributed by atoms with Crippen LogP contribution in [0.3, 0.4) is 0 Å². The molecule has 0 aliphatic heterocycles. The summed E-state index contributed by atoms with van der Waals surface area (Å²) < 4.78 is 4.91. The molecule has 1 atom stereocenters. The van der Waals surface area contributed by atoms with Gasteiger partial charge in [0.05, 0.1) is 11.9 Å². The third-order valence-corrected chi connectivity index (χ3v) is 2.18. The first-order valence-corrected chi connectivity index (χ1v) is 5.64. The molecule has 0 spiro atoms. The van der Waals surface area contributed by atoms with E-state index in [-0.39, 0.29) is 18.2 Å². The molecule has 1 rings (SSSR count). The fraction of sp³-hybridized carbons (Fsp3) is 0.500. The summed E-state index contributed by atoms with van der Waals surface area (Å²) in [4.78, 5) is 23.2. The molecule has 6 nitrogen and oxygen atoms in total. The number of carbonyl (C=O) groups is 2. The number of hydrogen-bond donors (Lipinski definition) is 3. The molecule has 0 aliphatic carbocycles. The quantitative estimate of drug-likeness (QED) is 0.704. The van der Waals surface area contributed by atoms with Crippen LogP contribution in [0.25, 0.3) is 0 Å². The van der Waals surface area contributed by atoms with Gasteiger partial charge in [-0.2, -0.15) is 0 Å². The van der Waals surface area contributed by atoms with Gasteiger partial charge in [-0.3, -0.25) is 9.59 Å². The molecule has 0 bridgehead atoms. The molecular weight excluding hydrogens is 236 g/mol. The Bertz CT molecular complexity index is 406. The van der Waals surface area contributed by atoms with Gasteiger partial charge in [0.15, 0.2) is 5.76 Å². The summed E-state index contributed by atoms with van der Waals surface area (Å²) in [6.07, 6.45) is 1.38. The minimum atomic E-state index is -0.986. The predicted octanol–water partition coefficient (Wildman–Crippen LogP) is 0.285. The zero-order chi connectivity index (χ0) is 13.8. The minimum Gasteiger partial charge on any atom is -0.459 e. The summed E-state index contributed by atoms with van der Waals surface area (Å²) >= 11 is 0. The lowest BCUT2D eigenvalue weighted by Crippen LogP contribution is -2.48. The van der Waals surface area contributed by atoms with Crippen molar-refractivity contribution in [1.29, 1.82) is 0 Å². The van der Waals surface area contributed by atoms with Gasteiger partial charge >= 0.3 is 0 Å². The molecule has 1 aromatic heterocycles. The van der Waals surface area contributed by atoms with E-state index in [0.29, 0.717) is 0 Å². The smallest absolute Gasteiger partial charge is 0.287 e. The molecule has 1 unspecified atom stereocenters. The van der Waals surface area contributed by atoms with Gasteiger partial charge in [-0.15, -0.1) is 0 Å². The summed E-state index contributed by atoms with van der Waals surface area (Å²) in [6.45, 7) is 4.84. The van der Waals surface area contributed by atoms with Crippen molar-refractivity contribution in [3.8, 4) is 0 Å². The van der Waals surface area contributed by atoms with Crippen LogP contribution >= 0.6 is 0 Å². The van der Waals surface area contributed by atoms with E-state index < -0.39 is 17.6 Å². The van der Waals surface area contributed by atoms with Crippen molar-refractivity contribution < 1.29 is 19.1 Å². The fourth-order valence-electron chi connectivity index (χ4n) is 1.20.